The van der Waals surface area contributed by atoms with E-state index in [4.69, 9.17) is 10.8 Å². The maximum atomic E-state index is 11.9. The highest BCUT2D eigenvalue weighted by molar-refractivity contribution is 6.07. The van der Waals surface area contributed by atoms with Gasteiger partial charge in [-0.15, -0.1) is 0 Å². The number of carboxylic acids is 1. The molecule has 0 aromatic heterocycles. The summed E-state index contributed by atoms with van der Waals surface area (Å²) in [5, 5.41) is 14.3. The Hall–Kier alpha value is -3.19. The standard InChI is InChI=1S/C14H16N2O2.C13H17NO2/c1-2-9-4-3-5-10-8-14(7-6-11(9)10)12(17)15-13(18)16-14;1-2-9-4-3-5-10-8-13(14,12(15)16)7-6-11(9)10/h3-5H,2,6-8H2,1H3,(H2,15,16,17,18);3-5H,2,6-8,14H2,1H3,(H,15,16). The van der Waals surface area contributed by atoms with Gasteiger partial charge in [0.05, 0.1) is 0 Å². The summed E-state index contributed by atoms with van der Waals surface area (Å²) >= 11 is 0. The topological polar surface area (TPSA) is 122 Å². The largest absolute Gasteiger partial charge is 0.480 e. The zero-order valence-electron chi connectivity index (χ0n) is 19.9. The number of imide groups is 1. The SMILES string of the molecule is CCc1cccc2c1CCC(N)(C(=O)O)C2.CCc1cccc2c1CCC1(C2)NC(=O)NC1=O. The van der Waals surface area contributed by atoms with Crippen molar-refractivity contribution in [2.24, 2.45) is 5.73 Å². The van der Waals surface area contributed by atoms with Gasteiger partial charge in [-0.1, -0.05) is 50.2 Å². The predicted octanol–water partition coefficient (Wildman–Crippen LogP) is 2.84. The first kappa shape index (κ1) is 24.0. The Labute approximate surface area is 200 Å². The summed E-state index contributed by atoms with van der Waals surface area (Å²) in [5.41, 5.74) is 11.8. The number of carboxylic acid groups (broad SMARTS) is 1. The van der Waals surface area contributed by atoms with Crippen LogP contribution in [0.15, 0.2) is 36.4 Å². The van der Waals surface area contributed by atoms with Gasteiger partial charge in [-0.05, 0) is 71.9 Å². The summed E-state index contributed by atoms with van der Waals surface area (Å²) in [4.78, 5) is 34.4. The number of fused-ring (bicyclic) bond motifs is 2. The fourth-order valence-electron chi connectivity index (χ4n) is 5.55. The average Bonchev–Trinajstić information content (AvgIpc) is 3.09. The van der Waals surface area contributed by atoms with E-state index in [2.05, 4.69) is 42.7 Å². The fraction of sp³-hybridized carbons (Fsp3) is 0.444. The van der Waals surface area contributed by atoms with Gasteiger partial charge in [-0.2, -0.15) is 0 Å². The minimum Gasteiger partial charge on any atom is -0.480 e. The number of nitrogens with two attached hydrogens (primary N) is 1. The molecule has 2 unspecified atom stereocenters. The van der Waals surface area contributed by atoms with Crippen LogP contribution in [0.4, 0.5) is 4.79 Å². The lowest BCUT2D eigenvalue weighted by Crippen LogP contribution is -2.52. The van der Waals surface area contributed by atoms with Crippen molar-refractivity contribution in [3.05, 3.63) is 69.8 Å². The van der Waals surface area contributed by atoms with Crippen molar-refractivity contribution in [2.75, 3.05) is 0 Å². The first-order chi connectivity index (χ1) is 16.2. The van der Waals surface area contributed by atoms with Gasteiger partial charge in [0.1, 0.15) is 11.1 Å². The molecular formula is C27H33N3O4. The molecule has 2 aliphatic carbocycles. The molecule has 7 nitrogen and oxygen atoms in total. The molecular weight excluding hydrogens is 430 g/mol. The van der Waals surface area contributed by atoms with Crippen LogP contribution in [0.5, 0.6) is 0 Å². The second kappa shape index (κ2) is 9.22. The smallest absolute Gasteiger partial charge is 0.324 e. The maximum Gasteiger partial charge on any atom is 0.324 e. The molecule has 0 radical (unpaired) electrons. The van der Waals surface area contributed by atoms with Crippen LogP contribution in [0.25, 0.3) is 0 Å². The normalized spacial score (nSPS) is 24.9. The fourth-order valence-corrected chi connectivity index (χ4v) is 5.55. The Kier molecular flexibility index (Phi) is 6.49. The highest BCUT2D eigenvalue weighted by Gasteiger charge is 2.48. The van der Waals surface area contributed by atoms with Gasteiger partial charge in [0.15, 0.2) is 0 Å². The average molecular weight is 464 g/mol. The minimum absolute atomic E-state index is 0.181. The van der Waals surface area contributed by atoms with E-state index in [-0.39, 0.29) is 11.9 Å². The molecule has 180 valence electrons. The number of nitrogens with one attached hydrogen (secondary N) is 2. The number of carbonyl (C=O) groups is 3. The van der Waals surface area contributed by atoms with E-state index in [9.17, 15) is 14.4 Å². The van der Waals surface area contributed by atoms with Crippen LogP contribution < -0.4 is 16.4 Å². The first-order valence-electron chi connectivity index (χ1n) is 12.1. The van der Waals surface area contributed by atoms with E-state index in [0.29, 0.717) is 25.7 Å². The summed E-state index contributed by atoms with van der Waals surface area (Å²) in [6.07, 6.45) is 5.91. The Morgan fingerprint density at radius 3 is 2.00 bits per heavy atom. The van der Waals surface area contributed by atoms with Gasteiger partial charge in [0.25, 0.3) is 5.91 Å². The van der Waals surface area contributed by atoms with Crippen LogP contribution in [0.2, 0.25) is 0 Å². The number of amides is 3. The van der Waals surface area contributed by atoms with Crippen LogP contribution in [0, 0.1) is 0 Å². The predicted molar refractivity (Wildman–Crippen MR) is 130 cm³/mol. The van der Waals surface area contributed by atoms with Crippen molar-refractivity contribution in [2.45, 2.75) is 76.3 Å². The molecule has 1 spiro atoms. The molecule has 0 saturated carbocycles. The Morgan fingerprint density at radius 2 is 1.50 bits per heavy atom. The zero-order chi connectivity index (χ0) is 24.5. The van der Waals surface area contributed by atoms with E-state index < -0.39 is 17.0 Å². The van der Waals surface area contributed by atoms with E-state index in [1.807, 2.05) is 18.2 Å². The number of aryl methyl sites for hydroxylation is 2. The van der Waals surface area contributed by atoms with Gasteiger partial charge in [0.2, 0.25) is 0 Å². The molecule has 7 heteroatoms. The highest BCUT2D eigenvalue weighted by atomic mass is 16.4. The molecule has 2 aromatic carbocycles. The van der Waals surface area contributed by atoms with E-state index in [1.54, 1.807) is 0 Å². The van der Waals surface area contributed by atoms with Gasteiger partial charge < -0.3 is 16.2 Å². The highest BCUT2D eigenvalue weighted by Crippen LogP contribution is 2.33. The van der Waals surface area contributed by atoms with Crippen molar-refractivity contribution in [1.29, 1.82) is 0 Å². The van der Waals surface area contributed by atoms with E-state index in [0.717, 1.165) is 31.2 Å². The molecule has 2 atom stereocenters. The monoisotopic (exact) mass is 463 g/mol. The third-order valence-corrected chi connectivity index (χ3v) is 7.56. The molecule has 1 fully saturated rings. The number of benzene rings is 2. The Morgan fingerprint density at radius 1 is 0.941 bits per heavy atom. The Bertz CT molecular complexity index is 1140. The summed E-state index contributed by atoms with van der Waals surface area (Å²) in [5.74, 6) is -1.07. The Balaban J connectivity index is 0.000000162. The summed E-state index contributed by atoms with van der Waals surface area (Å²) in [7, 11) is 0. The van der Waals surface area contributed by atoms with Crippen LogP contribution in [0.1, 0.15) is 60.1 Å². The van der Waals surface area contributed by atoms with Crippen molar-refractivity contribution in [3.63, 3.8) is 0 Å². The van der Waals surface area contributed by atoms with Gasteiger partial charge >= 0.3 is 12.0 Å². The van der Waals surface area contributed by atoms with E-state index >= 15 is 0 Å². The second-order valence-electron chi connectivity index (χ2n) is 9.62. The lowest BCUT2D eigenvalue weighted by molar-refractivity contribution is -0.143. The first-order valence-corrected chi connectivity index (χ1v) is 12.1. The number of rotatable bonds is 3. The number of carbonyl (C=O) groups excluding carboxylic acids is 2. The summed E-state index contributed by atoms with van der Waals surface area (Å²) in [6.45, 7) is 4.27. The molecule has 3 aliphatic rings. The molecule has 5 N–H and O–H groups in total. The van der Waals surface area contributed by atoms with Crippen molar-refractivity contribution in [3.8, 4) is 0 Å². The molecule has 1 aliphatic heterocycles. The molecule has 5 rings (SSSR count). The van der Waals surface area contributed by atoms with Crippen LogP contribution in [-0.2, 0) is 48.1 Å². The number of hydrogen-bond acceptors (Lipinski definition) is 4. The second-order valence-corrected chi connectivity index (χ2v) is 9.62. The molecule has 3 amide bonds. The third kappa shape index (κ3) is 4.32. The molecule has 1 heterocycles. The maximum absolute atomic E-state index is 11.9. The molecule has 1 saturated heterocycles. The summed E-state index contributed by atoms with van der Waals surface area (Å²) < 4.78 is 0. The number of hydrogen-bond donors (Lipinski definition) is 4. The lowest BCUT2D eigenvalue weighted by atomic mass is 9.76. The van der Waals surface area contributed by atoms with Crippen molar-refractivity contribution < 1.29 is 19.5 Å². The molecule has 2 aromatic rings. The number of urea groups is 1. The van der Waals surface area contributed by atoms with Crippen molar-refractivity contribution >= 4 is 17.9 Å². The van der Waals surface area contributed by atoms with Crippen LogP contribution in [0.3, 0.4) is 0 Å². The van der Waals surface area contributed by atoms with Crippen molar-refractivity contribution in [1.82, 2.24) is 10.6 Å². The molecule has 0 bridgehead atoms. The quantitative estimate of drug-likeness (QED) is 0.522. The van der Waals surface area contributed by atoms with Gasteiger partial charge in [-0.3, -0.25) is 14.9 Å². The van der Waals surface area contributed by atoms with Crippen LogP contribution >= 0.6 is 0 Å². The van der Waals surface area contributed by atoms with Gasteiger partial charge in [-0.25, -0.2) is 4.79 Å². The third-order valence-electron chi connectivity index (χ3n) is 7.56. The number of aliphatic carboxylic acids is 1. The minimum atomic E-state index is -1.07. The van der Waals surface area contributed by atoms with E-state index in [1.165, 1.54) is 27.8 Å². The zero-order valence-corrected chi connectivity index (χ0v) is 19.9. The van der Waals surface area contributed by atoms with Gasteiger partial charge in [0, 0.05) is 12.8 Å². The molecule has 34 heavy (non-hydrogen) atoms. The summed E-state index contributed by atoms with van der Waals surface area (Å²) in [6, 6.07) is 12.0. The lowest BCUT2D eigenvalue weighted by Gasteiger charge is -2.32. The van der Waals surface area contributed by atoms with Crippen LogP contribution in [-0.4, -0.2) is 34.1 Å².